The van der Waals surface area contributed by atoms with Crippen molar-refractivity contribution in [2.24, 2.45) is 0 Å². The van der Waals surface area contributed by atoms with Crippen molar-refractivity contribution < 1.29 is 9.53 Å². The summed E-state index contributed by atoms with van der Waals surface area (Å²) < 4.78 is 5.19. The maximum absolute atomic E-state index is 12.0. The Morgan fingerprint density at radius 1 is 1.15 bits per heavy atom. The van der Waals surface area contributed by atoms with E-state index in [0.29, 0.717) is 12.4 Å². The molecule has 1 N–H and O–H groups in total. The smallest absolute Gasteiger partial charge is 0.243 e. The molecule has 3 rings (SSSR count). The lowest BCUT2D eigenvalue weighted by Gasteiger charge is -2.04. The van der Waals surface area contributed by atoms with Crippen LogP contribution in [0.2, 0.25) is 0 Å². The van der Waals surface area contributed by atoms with Crippen molar-refractivity contribution in [3.8, 4) is 17.1 Å². The van der Waals surface area contributed by atoms with E-state index in [1.807, 2.05) is 42.5 Å². The average molecular weight is 351 g/mol. The number of benzene rings is 2. The maximum Gasteiger partial charge on any atom is 0.243 e. The Morgan fingerprint density at radius 3 is 2.81 bits per heavy atom. The lowest BCUT2D eigenvalue weighted by molar-refractivity contribution is -0.122. The SMILES string of the molecule is COc1cccc(-c2nnn(CC(=O)NCCCc3ccccc3)n2)c1. The molecule has 0 bridgehead atoms. The summed E-state index contributed by atoms with van der Waals surface area (Å²) in [4.78, 5) is 13.3. The summed E-state index contributed by atoms with van der Waals surface area (Å²) in [5, 5.41) is 15.1. The van der Waals surface area contributed by atoms with Crippen LogP contribution in [0, 0.1) is 0 Å². The number of nitrogens with zero attached hydrogens (tertiary/aromatic N) is 4. The lowest BCUT2D eigenvalue weighted by atomic mass is 10.1. The fourth-order valence-electron chi connectivity index (χ4n) is 2.54. The molecule has 0 saturated carbocycles. The van der Waals surface area contributed by atoms with Gasteiger partial charge in [-0.05, 0) is 35.8 Å². The van der Waals surface area contributed by atoms with E-state index >= 15 is 0 Å². The molecule has 0 atom stereocenters. The van der Waals surface area contributed by atoms with Crippen LogP contribution in [0.4, 0.5) is 0 Å². The van der Waals surface area contributed by atoms with Gasteiger partial charge in [-0.3, -0.25) is 4.79 Å². The Hall–Kier alpha value is -3.22. The van der Waals surface area contributed by atoms with Crippen LogP contribution >= 0.6 is 0 Å². The van der Waals surface area contributed by atoms with Gasteiger partial charge in [0.1, 0.15) is 12.3 Å². The third-order valence-corrected chi connectivity index (χ3v) is 3.87. The number of nitrogens with one attached hydrogen (secondary N) is 1. The summed E-state index contributed by atoms with van der Waals surface area (Å²) in [5.41, 5.74) is 2.06. The Balaban J connectivity index is 1.46. The third kappa shape index (κ3) is 4.89. The third-order valence-electron chi connectivity index (χ3n) is 3.87. The molecule has 0 spiro atoms. The first-order chi connectivity index (χ1) is 12.7. The molecule has 134 valence electrons. The number of aryl methyl sites for hydroxylation is 1. The van der Waals surface area contributed by atoms with Gasteiger partial charge in [0.15, 0.2) is 0 Å². The molecule has 0 saturated heterocycles. The van der Waals surface area contributed by atoms with Crippen LogP contribution in [0.5, 0.6) is 5.75 Å². The second-order valence-corrected chi connectivity index (χ2v) is 5.81. The van der Waals surface area contributed by atoms with Gasteiger partial charge in [-0.2, -0.15) is 4.80 Å². The minimum absolute atomic E-state index is 0.0440. The van der Waals surface area contributed by atoms with Crippen LogP contribution in [0.25, 0.3) is 11.4 Å². The Labute approximate surface area is 152 Å². The number of hydrogen-bond acceptors (Lipinski definition) is 5. The van der Waals surface area contributed by atoms with Gasteiger partial charge in [0, 0.05) is 12.1 Å². The molecule has 0 aliphatic heterocycles. The Morgan fingerprint density at radius 2 is 2.00 bits per heavy atom. The highest BCUT2D eigenvalue weighted by molar-refractivity contribution is 5.75. The molecule has 1 heterocycles. The first-order valence-electron chi connectivity index (χ1n) is 8.47. The molecule has 0 aliphatic carbocycles. The molecular weight excluding hydrogens is 330 g/mol. The Kier molecular flexibility index (Phi) is 5.92. The van der Waals surface area contributed by atoms with E-state index in [0.717, 1.165) is 24.2 Å². The molecule has 26 heavy (non-hydrogen) atoms. The summed E-state index contributed by atoms with van der Waals surface area (Å²) in [6.07, 6.45) is 1.82. The number of carbonyl (C=O) groups is 1. The monoisotopic (exact) mass is 351 g/mol. The van der Waals surface area contributed by atoms with Crippen LogP contribution in [0.3, 0.4) is 0 Å². The fourth-order valence-corrected chi connectivity index (χ4v) is 2.54. The topological polar surface area (TPSA) is 81.9 Å². The summed E-state index contributed by atoms with van der Waals surface area (Å²) in [6, 6.07) is 17.6. The van der Waals surface area contributed by atoms with E-state index in [-0.39, 0.29) is 12.5 Å². The van der Waals surface area contributed by atoms with Crippen LogP contribution < -0.4 is 10.1 Å². The van der Waals surface area contributed by atoms with Gasteiger partial charge in [-0.1, -0.05) is 42.5 Å². The largest absolute Gasteiger partial charge is 0.497 e. The van der Waals surface area contributed by atoms with Crippen molar-refractivity contribution in [3.05, 3.63) is 60.2 Å². The zero-order valence-corrected chi connectivity index (χ0v) is 14.6. The van der Waals surface area contributed by atoms with Gasteiger partial charge >= 0.3 is 0 Å². The number of ether oxygens (including phenoxy) is 1. The zero-order valence-electron chi connectivity index (χ0n) is 14.6. The van der Waals surface area contributed by atoms with Gasteiger partial charge in [0.05, 0.1) is 7.11 Å². The van der Waals surface area contributed by atoms with Crippen LogP contribution in [0.1, 0.15) is 12.0 Å². The second kappa shape index (κ2) is 8.75. The molecule has 1 aromatic heterocycles. The van der Waals surface area contributed by atoms with E-state index in [9.17, 15) is 4.79 Å². The van der Waals surface area contributed by atoms with Gasteiger partial charge in [-0.25, -0.2) is 0 Å². The predicted molar refractivity (Wildman–Crippen MR) is 97.6 cm³/mol. The number of rotatable bonds is 8. The summed E-state index contributed by atoms with van der Waals surface area (Å²) in [5.74, 6) is 1.04. The number of carbonyl (C=O) groups excluding carboxylic acids is 1. The number of amides is 1. The van der Waals surface area contributed by atoms with E-state index < -0.39 is 0 Å². The molecule has 0 fully saturated rings. The van der Waals surface area contributed by atoms with Crippen molar-refractivity contribution in [2.45, 2.75) is 19.4 Å². The minimum atomic E-state index is -0.132. The van der Waals surface area contributed by atoms with Crippen LogP contribution in [-0.2, 0) is 17.8 Å². The number of methoxy groups -OCH3 is 1. The zero-order chi connectivity index (χ0) is 18.2. The van der Waals surface area contributed by atoms with Crippen molar-refractivity contribution in [1.29, 1.82) is 0 Å². The predicted octanol–water partition coefficient (Wildman–Crippen LogP) is 2.10. The van der Waals surface area contributed by atoms with E-state index in [4.69, 9.17) is 4.74 Å². The normalized spacial score (nSPS) is 10.5. The van der Waals surface area contributed by atoms with E-state index in [1.165, 1.54) is 10.4 Å². The molecule has 2 aromatic carbocycles. The summed E-state index contributed by atoms with van der Waals surface area (Å²) in [6.45, 7) is 0.660. The lowest BCUT2D eigenvalue weighted by Crippen LogP contribution is -2.29. The number of hydrogen-bond donors (Lipinski definition) is 1. The highest BCUT2D eigenvalue weighted by Crippen LogP contribution is 2.19. The van der Waals surface area contributed by atoms with Crippen molar-refractivity contribution in [1.82, 2.24) is 25.5 Å². The molecule has 0 radical (unpaired) electrons. The van der Waals surface area contributed by atoms with E-state index in [2.05, 4.69) is 32.9 Å². The second-order valence-electron chi connectivity index (χ2n) is 5.81. The van der Waals surface area contributed by atoms with Gasteiger partial charge < -0.3 is 10.1 Å². The quantitative estimate of drug-likeness (QED) is 0.629. The summed E-state index contributed by atoms with van der Waals surface area (Å²) in [7, 11) is 1.60. The highest BCUT2D eigenvalue weighted by atomic mass is 16.5. The van der Waals surface area contributed by atoms with Crippen molar-refractivity contribution in [2.75, 3.05) is 13.7 Å². The number of tetrazole rings is 1. The number of aromatic nitrogens is 4. The molecular formula is C19H21N5O2. The van der Waals surface area contributed by atoms with Gasteiger partial charge in [0.25, 0.3) is 0 Å². The van der Waals surface area contributed by atoms with Crippen molar-refractivity contribution in [3.63, 3.8) is 0 Å². The van der Waals surface area contributed by atoms with Gasteiger partial charge in [0.2, 0.25) is 11.7 Å². The minimum Gasteiger partial charge on any atom is -0.497 e. The van der Waals surface area contributed by atoms with Crippen molar-refractivity contribution >= 4 is 5.91 Å². The highest BCUT2D eigenvalue weighted by Gasteiger charge is 2.09. The first kappa shape index (κ1) is 17.6. The molecule has 7 nitrogen and oxygen atoms in total. The maximum atomic E-state index is 12.0. The van der Waals surface area contributed by atoms with Crippen LogP contribution in [-0.4, -0.2) is 39.8 Å². The molecule has 0 unspecified atom stereocenters. The fraction of sp³-hybridized carbons (Fsp3) is 0.263. The van der Waals surface area contributed by atoms with Gasteiger partial charge in [-0.15, -0.1) is 10.2 Å². The molecule has 1 amide bonds. The molecule has 3 aromatic rings. The first-order valence-corrected chi connectivity index (χ1v) is 8.47. The summed E-state index contributed by atoms with van der Waals surface area (Å²) >= 11 is 0. The molecule has 0 aliphatic rings. The molecule has 7 heteroatoms. The Bertz CT molecular complexity index is 848. The standard InChI is InChI=1S/C19H21N5O2/c1-26-17-11-5-10-16(13-17)19-21-23-24(22-19)14-18(25)20-12-6-9-15-7-3-2-4-8-15/h2-5,7-8,10-11,13H,6,9,12,14H2,1H3,(H,20,25). The van der Waals surface area contributed by atoms with Crippen LogP contribution in [0.15, 0.2) is 54.6 Å². The van der Waals surface area contributed by atoms with E-state index in [1.54, 1.807) is 7.11 Å². The average Bonchev–Trinajstić information content (AvgIpc) is 3.14.